The predicted molar refractivity (Wildman–Crippen MR) is 107 cm³/mol. The van der Waals surface area contributed by atoms with Crippen LogP contribution in [0.3, 0.4) is 0 Å². The summed E-state index contributed by atoms with van der Waals surface area (Å²) in [5, 5.41) is 12.3. The minimum atomic E-state index is 0.0544. The molecule has 1 amide bonds. The minimum Gasteiger partial charge on any atom is -0.396 e. The number of carbonyl (C=O) groups excluding carboxylic acids is 1. The van der Waals surface area contributed by atoms with E-state index in [0.29, 0.717) is 24.8 Å². The molecule has 140 valence electrons. The van der Waals surface area contributed by atoms with E-state index in [4.69, 9.17) is 0 Å². The maximum atomic E-state index is 12.6. The van der Waals surface area contributed by atoms with Crippen LogP contribution >= 0.6 is 0 Å². The summed E-state index contributed by atoms with van der Waals surface area (Å²) in [4.78, 5) is 12.6. The third kappa shape index (κ3) is 6.64. The first-order valence-corrected chi connectivity index (χ1v) is 9.57. The second kappa shape index (κ2) is 10.8. The van der Waals surface area contributed by atoms with Crippen molar-refractivity contribution < 1.29 is 9.90 Å². The number of hydrogen-bond donors (Lipinski definition) is 2. The molecule has 3 heteroatoms. The van der Waals surface area contributed by atoms with Crippen LogP contribution in [0, 0.1) is 11.8 Å². The molecule has 0 aliphatic carbocycles. The zero-order valence-electron chi connectivity index (χ0n) is 15.9. The number of amides is 1. The molecule has 0 unspecified atom stereocenters. The van der Waals surface area contributed by atoms with Crippen molar-refractivity contribution in [1.82, 2.24) is 5.32 Å². The van der Waals surface area contributed by atoms with Crippen LogP contribution in [0.25, 0.3) is 0 Å². The van der Waals surface area contributed by atoms with Gasteiger partial charge in [0.15, 0.2) is 0 Å². The van der Waals surface area contributed by atoms with Gasteiger partial charge in [0.2, 0.25) is 5.91 Å². The normalized spacial score (nSPS) is 12.3. The zero-order valence-corrected chi connectivity index (χ0v) is 15.9. The Bertz CT molecular complexity index is 600. The fraction of sp³-hybridized carbons (Fsp3) is 0.435. The lowest BCUT2D eigenvalue weighted by Gasteiger charge is -2.21. The van der Waals surface area contributed by atoms with Gasteiger partial charge in [0, 0.05) is 25.5 Å². The van der Waals surface area contributed by atoms with Gasteiger partial charge in [0.25, 0.3) is 0 Å². The number of hydrogen-bond acceptors (Lipinski definition) is 2. The second-order valence-electron chi connectivity index (χ2n) is 7.39. The summed E-state index contributed by atoms with van der Waals surface area (Å²) in [6.07, 6.45) is 2.18. The molecule has 0 bridgehead atoms. The van der Waals surface area contributed by atoms with E-state index in [2.05, 4.69) is 43.4 Å². The standard InChI is InChI=1S/C23H31NO2/c1-18(2)15-19(13-14-25)17-24-23(26)16-22(20-9-5-3-6-10-20)21-11-7-4-8-12-21/h3-12,18-19,22,25H,13-17H2,1-2H3,(H,24,26)/t19-/m0/s1. The van der Waals surface area contributed by atoms with Crippen molar-refractivity contribution in [2.45, 2.75) is 39.0 Å². The molecule has 0 radical (unpaired) electrons. The van der Waals surface area contributed by atoms with E-state index < -0.39 is 0 Å². The molecule has 3 nitrogen and oxygen atoms in total. The Balaban J connectivity index is 2.02. The molecule has 2 aromatic rings. The molecule has 0 fully saturated rings. The predicted octanol–water partition coefficient (Wildman–Crippen LogP) is 4.37. The molecule has 2 N–H and O–H groups in total. The maximum Gasteiger partial charge on any atom is 0.220 e. The Morgan fingerprint density at radius 2 is 1.50 bits per heavy atom. The van der Waals surface area contributed by atoms with Gasteiger partial charge in [-0.15, -0.1) is 0 Å². The lowest BCUT2D eigenvalue weighted by atomic mass is 9.88. The summed E-state index contributed by atoms with van der Waals surface area (Å²) in [7, 11) is 0. The lowest BCUT2D eigenvalue weighted by Crippen LogP contribution is -2.31. The highest BCUT2D eigenvalue weighted by atomic mass is 16.3. The molecule has 0 aromatic heterocycles. The summed E-state index contributed by atoms with van der Waals surface area (Å²) in [5.41, 5.74) is 2.31. The van der Waals surface area contributed by atoms with Crippen LogP contribution < -0.4 is 5.32 Å². The number of benzene rings is 2. The van der Waals surface area contributed by atoms with Gasteiger partial charge < -0.3 is 10.4 Å². The van der Waals surface area contributed by atoms with Crippen molar-refractivity contribution in [1.29, 1.82) is 0 Å². The van der Waals surface area contributed by atoms with E-state index in [1.807, 2.05) is 36.4 Å². The molecular weight excluding hydrogens is 322 g/mol. The van der Waals surface area contributed by atoms with Crippen LogP contribution in [0.4, 0.5) is 0 Å². The Morgan fingerprint density at radius 3 is 1.96 bits per heavy atom. The largest absolute Gasteiger partial charge is 0.396 e. The third-order valence-electron chi connectivity index (χ3n) is 4.72. The zero-order chi connectivity index (χ0) is 18.8. The Kier molecular flexibility index (Phi) is 8.36. The number of nitrogens with one attached hydrogen (secondary N) is 1. The average Bonchev–Trinajstić information content (AvgIpc) is 2.65. The van der Waals surface area contributed by atoms with Crippen molar-refractivity contribution in [2.24, 2.45) is 11.8 Å². The molecule has 0 spiro atoms. The van der Waals surface area contributed by atoms with E-state index in [0.717, 1.165) is 24.0 Å². The van der Waals surface area contributed by atoms with Gasteiger partial charge in [-0.2, -0.15) is 0 Å². The van der Waals surface area contributed by atoms with Crippen molar-refractivity contribution in [2.75, 3.05) is 13.2 Å². The van der Waals surface area contributed by atoms with Gasteiger partial charge in [-0.1, -0.05) is 74.5 Å². The topological polar surface area (TPSA) is 49.3 Å². The quantitative estimate of drug-likeness (QED) is 0.666. The fourth-order valence-corrected chi connectivity index (χ4v) is 3.47. The van der Waals surface area contributed by atoms with Crippen molar-refractivity contribution >= 4 is 5.91 Å². The summed E-state index contributed by atoms with van der Waals surface area (Å²) in [5.74, 6) is 1.01. The Hall–Kier alpha value is -2.13. The van der Waals surface area contributed by atoms with Crippen LogP contribution in [0.2, 0.25) is 0 Å². The van der Waals surface area contributed by atoms with Gasteiger partial charge in [0.05, 0.1) is 0 Å². The first-order valence-electron chi connectivity index (χ1n) is 9.57. The number of rotatable bonds is 10. The van der Waals surface area contributed by atoms with Crippen LogP contribution in [-0.4, -0.2) is 24.2 Å². The smallest absolute Gasteiger partial charge is 0.220 e. The van der Waals surface area contributed by atoms with E-state index in [1.54, 1.807) is 0 Å². The first kappa shape index (κ1) is 20.2. The monoisotopic (exact) mass is 353 g/mol. The number of aliphatic hydroxyl groups excluding tert-OH is 1. The highest BCUT2D eigenvalue weighted by Gasteiger charge is 2.19. The minimum absolute atomic E-state index is 0.0544. The van der Waals surface area contributed by atoms with Crippen molar-refractivity contribution in [3.8, 4) is 0 Å². The Labute approximate surface area is 157 Å². The summed E-state index contributed by atoms with van der Waals surface area (Å²) in [6, 6.07) is 20.4. The van der Waals surface area contributed by atoms with E-state index >= 15 is 0 Å². The van der Waals surface area contributed by atoms with Crippen LogP contribution in [0.15, 0.2) is 60.7 Å². The molecule has 1 atom stereocenters. The second-order valence-corrected chi connectivity index (χ2v) is 7.39. The van der Waals surface area contributed by atoms with Crippen LogP contribution in [-0.2, 0) is 4.79 Å². The summed E-state index contributed by atoms with van der Waals surface area (Å²) < 4.78 is 0. The SMILES string of the molecule is CC(C)C[C@H](CCO)CNC(=O)CC(c1ccccc1)c1ccccc1. The molecule has 26 heavy (non-hydrogen) atoms. The van der Waals surface area contributed by atoms with E-state index in [1.165, 1.54) is 0 Å². The molecule has 0 aliphatic heterocycles. The number of carbonyl (C=O) groups is 1. The molecule has 0 aliphatic rings. The fourth-order valence-electron chi connectivity index (χ4n) is 3.47. The molecular formula is C23H31NO2. The maximum absolute atomic E-state index is 12.6. The van der Waals surface area contributed by atoms with E-state index in [-0.39, 0.29) is 18.4 Å². The van der Waals surface area contributed by atoms with Crippen molar-refractivity contribution in [3.63, 3.8) is 0 Å². The first-order chi connectivity index (χ1) is 12.6. The summed E-state index contributed by atoms with van der Waals surface area (Å²) in [6.45, 7) is 5.15. The van der Waals surface area contributed by atoms with Crippen LogP contribution in [0.1, 0.15) is 50.2 Å². The van der Waals surface area contributed by atoms with Gasteiger partial charge in [-0.25, -0.2) is 0 Å². The number of aliphatic hydroxyl groups is 1. The molecule has 0 saturated heterocycles. The molecule has 2 rings (SSSR count). The van der Waals surface area contributed by atoms with E-state index in [9.17, 15) is 9.90 Å². The van der Waals surface area contributed by atoms with Gasteiger partial charge in [-0.05, 0) is 35.8 Å². The molecule has 0 heterocycles. The molecule has 2 aromatic carbocycles. The highest BCUT2D eigenvalue weighted by molar-refractivity contribution is 5.77. The molecule has 0 saturated carbocycles. The average molecular weight is 354 g/mol. The van der Waals surface area contributed by atoms with Gasteiger partial charge in [-0.3, -0.25) is 4.79 Å². The lowest BCUT2D eigenvalue weighted by molar-refractivity contribution is -0.121. The summed E-state index contributed by atoms with van der Waals surface area (Å²) >= 11 is 0. The van der Waals surface area contributed by atoms with Crippen molar-refractivity contribution in [3.05, 3.63) is 71.8 Å². The third-order valence-corrected chi connectivity index (χ3v) is 4.72. The van der Waals surface area contributed by atoms with Gasteiger partial charge >= 0.3 is 0 Å². The van der Waals surface area contributed by atoms with Crippen LogP contribution in [0.5, 0.6) is 0 Å². The van der Waals surface area contributed by atoms with Gasteiger partial charge in [0.1, 0.15) is 0 Å². The Morgan fingerprint density at radius 1 is 0.962 bits per heavy atom. The highest BCUT2D eigenvalue weighted by Crippen LogP contribution is 2.27.